The van der Waals surface area contributed by atoms with Gasteiger partial charge < -0.3 is 16.0 Å². The third-order valence-electron chi connectivity index (χ3n) is 1.86. The second-order valence-electron chi connectivity index (χ2n) is 3.08. The van der Waals surface area contributed by atoms with Crippen LogP contribution in [0.2, 0.25) is 0 Å². The summed E-state index contributed by atoms with van der Waals surface area (Å²) in [7, 11) is 0. The van der Waals surface area contributed by atoms with E-state index in [-0.39, 0.29) is 5.56 Å². The van der Waals surface area contributed by atoms with Crippen LogP contribution in [-0.2, 0) is 6.54 Å². The summed E-state index contributed by atoms with van der Waals surface area (Å²) in [4.78, 5) is 13.3. The maximum Gasteiger partial charge on any atom is 0.247 e. The lowest BCUT2D eigenvalue weighted by molar-refractivity contribution is 0.555. The van der Waals surface area contributed by atoms with Gasteiger partial charge in [0.15, 0.2) is 0 Å². The van der Waals surface area contributed by atoms with Crippen molar-refractivity contribution in [3.63, 3.8) is 0 Å². The van der Waals surface area contributed by atoms with Crippen molar-refractivity contribution in [3.05, 3.63) is 34.2 Å². The predicted octanol–water partition coefficient (Wildman–Crippen LogP) is -0.188. The molecule has 4 heteroatoms. The summed E-state index contributed by atoms with van der Waals surface area (Å²) in [5.41, 5.74) is 6.42. The van der Waals surface area contributed by atoms with Gasteiger partial charge in [0.25, 0.3) is 0 Å². The number of hydrogen-bond donors (Lipinski definition) is 3. The van der Waals surface area contributed by atoms with Crippen molar-refractivity contribution in [1.29, 1.82) is 0 Å². The molecule has 1 rings (SSSR count). The zero-order valence-corrected chi connectivity index (χ0v) is 7.71. The molecule has 13 heavy (non-hydrogen) atoms. The fourth-order valence-electron chi connectivity index (χ4n) is 0.928. The van der Waals surface area contributed by atoms with Gasteiger partial charge >= 0.3 is 0 Å². The Bertz CT molecular complexity index is 287. The summed E-state index contributed by atoms with van der Waals surface area (Å²) in [5.74, 6) is 0. The summed E-state index contributed by atoms with van der Waals surface area (Å²) in [6, 6.07) is 3.62. The lowest BCUT2D eigenvalue weighted by atomic mass is 10.2. The van der Waals surface area contributed by atoms with E-state index in [0.29, 0.717) is 12.6 Å². The number of rotatable bonds is 4. The van der Waals surface area contributed by atoms with Gasteiger partial charge in [-0.05, 0) is 12.5 Å². The standard InChI is InChI=1S/C9H15N3O/c1-7(4-10)11-5-8-2-3-9(13)12-6-8/h2-3,6-7,11H,4-5,10H2,1H3,(H,12,13)/t7-/m0/s1. The van der Waals surface area contributed by atoms with E-state index in [4.69, 9.17) is 5.73 Å². The van der Waals surface area contributed by atoms with Crippen LogP contribution in [0.4, 0.5) is 0 Å². The summed E-state index contributed by atoms with van der Waals surface area (Å²) >= 11 is 0. The molecule has 4 nitrogen and oxygen atoms in total. The first-order valence-electron chi connectivity index (χ1n) is 4.33. The highest BCUT2D eigenvalue weighted by Gasteiger charge is 1.97. The van der Waals surface area contributed by atoms with Crippen LogP contribution in [0.1, 0.15) is 12.5 Å². The van der Waals surface area contributed by atoms with Crippen LogP contribution in [0.25, 0.3) is 0 Å². The van der Waals surface area contributed by atoms with E-state index in [1.54, 1.807) is 12.3 Å². The van der Waals surface area contributed by atoms with E-state index in [2.05, 4.69) is 10.3 Å². The van der Waals surface area contributed by atoms with Crippen molar-refractivity contribution in [1.82, 2.24) is 10.3 Å². The van der Waals surface area contributed by atoms with Gasteiger partial charge in [0, 0.05) is 31.4 Å². The van der Waals surface area contributed by atoms with Crippen LogP contribution in [-0.4, -0.2) is 17.6 Å². The lowest BCUT2D eigenvalue weighted by Crippen LogP contribution is -2.32. The van der Waals surface area contributed by atoms with Crippen molar-refractivity contribution >= 4 is 0 Å². The lowest BCUT2D eigenvalue weighted by Gasteiger charge is -2.10. The SMILES string of the molecule is C[C@@H](CN)NCc1ccc(=O)[nH]c1. The second-order valence-corrected chi connectivity index (χ2v) is 3.08. The van der Waals surface area contributed by atoms with Crippen molar-refractivity contribution < 1.29 is 0 Å². The number of aromatic nitrogens is 1. The van der Waals surface area contributed by atoms with E-state index < -0.39 is 0 Å². The highest BCUT2D eigenvalue weighted by Crippen LogP contribution is 1.92. The van der Waals surface area contributed by atoms with E-state index in [9.17, 15) is 4.79 Å². The van der Waals surface area contributed by atoms with E-state index >= 15 is 0 Å². The first-order chi connectivity index (χ1) is 6.22. The molecule has 0 saturated carbocycles. The van der Waals surface area contributed by atoms with Gasteiger partial charge in [0.05, 0.1) is 0 Å². The largest absolute Gasteiger partial charge is 0.329 e. The molecule has 1 aromatic heterocycles. The molecule has 0 aliphatic carbocycles. The number of hydrogen-bond acceptors (Lipinski definition) is 3. The molecule has 1 aromatic rings. The van der Waals surface area contributed by atoms with Gasteiger partial charge in [0.2, 0.25) is 5.56 Å². The Labute approximate surface area is 77.2 Å². The molecule has 0 spiro atoms. The summed E-state index contributed by atoms with van der Waals surface area (Å²) in [6.07, 6.45) is 1.71. The van der Waals surface area contributed by atoms with Crippen LogP contribution in [0.5, 0.6) is 0 Å². The molecule has 0 bridgehead atoms. The summed E-state index contributed by atoms with van der Waals surface area (Å²) < 4.78 is 0. The first kappa shape index (κ1) is 9.95. The topological polar surface area (TPSA) is 70.9 Å². The maximum absolute atomic E-state index is 10.7. The van der Waals surface area contributed by atoms with E-state index in [1.807, 2.05) is 6.92 Å². The van der Waals surface area contributed by atoms with E-state index in [1.165, 1.54) is 6.07 Å². The number of nitrogens with two attached hydrogens (primary N) is 1. The predicted molar refractivity (Wildman–Crippen MR) is 52.4 cm³/mol. The van der Waals surface area contributed by atoms with Crippen LogP contribution in [0.15, 0.2) is 23.1 Å². The molecule has 4 N–H and O–H groups in total. The van der Waals surface area contributed by atoms with Gasteiger partial charge in [-0.25, -0.2) is 0 Å². The Kier molecular flexibility index (Phi) is 3.67. The van der Waals surface area contributed by atoms with Crippen molar-refractivity contribution in [2.24, 2.45) is 5.73 Å². The third-order valence-corrected chi connectivity index (χ3v) is 1.86. The zero-order valence-electron chi connectivity index (χ0n) is 7.71. The molecule has 0 aliphatic rings. The number of H-pyrrole nitrogens is 1. The molecule has 0 aliphatic heterocycles. The van der Waals surface area contributed by atoms with Crippen LogP contribution >= 0.6 is 0 Å². The summed E-state index contributed by atoms with van der Waals surface area (Å²) in [6.45, 7) is 3.37. The Morgan fingerprint density at radius 2 is 2.38 bits per heavy atom. The fourth-order valence-corrected chi connectivity index (χ4v) is 0.928. The highest BCUT2D eigenvalue weighted by atomic mass is 16.1. The average molecular weight is 181 g/mol. The first-order valence-corrected chi connectivity index (χ1v) is 4.33. The van der Waals surface area contributed by atoms with Gasteiger partial charge in [0.1, 0.15) is 0 Å². The molecule has 0 unspecified atom stereocenters. The second kappa shape index (κ2) is 4.79. The molecule has 0 radical (unpaired) electrons. The Morgan fingerprint density at radius 1 is 1.62 bits per heavy atom. The monoisotopic (exact) mass is 181 g/mol. The minimum Gasteiger partial charge on any atom is -0.329 e. The number of aromatic amines is 1. The van der Waals surface area contributed by atoms with Gasteiger partial charge in [-0.15, -0.1) is 0 Å². The fraction of sp³-hybridized carbons (Fsp3) is 0.444. The third kappa shape index (κ3) is 3.40. The van der Waals surface area contributed by atoms with Crippen LogP contribution < -0.4 is 16.6 Å². The highest BCUT2D eigenvalue weighted by molar-refractivity contribution is 5.08. The van der Waals surface area contributed by atoms with Gasteiger partial charge in [-0.1, -0.05) is 6.07 Å². The van der Waals surface area contributed by atoms with Crippen molar-refractivity contribution in [3.8, 4) is 0 Å². The molecule has 0 amide bonds. The van der Waals surface area contributed by atoms with Gasteiger partial charge in [-0.2, -0.15) is 0 Å². The van der Waals surface area contributed by atoms with E-state index in [0.717, 1.165) is 12.1 Å². The minimum atomic E-state index is -0.0735. The Morgan fingerprint density at radius 3 is 2.92 bits per heavy atom. The summed E-state index contributed by atoms with van der Waals surface area (Å²) in [5, 5.41) is 3.22. The molecule has 0 saturated heterocycles. The Hall–Kier alpha value is -1.13. The van der Waals surface area contributed by atoms with Crippen molar-refractivity contribution in [2.45, 2.75) is 19.5 Å². The minimum absolute atomic E-state index is 0.0735. The molecular formula is C9H15N3O. The smallest absolute Gasteiger partial charge is 0.247 e. The Balaban J connectivity index is 2.46. The average Bonchev–Trinajstić information content (AvgIpc) is 2.16. The molecule has 0 aromatic carbocycles. The molecule has 0 fully saturated rings. The van der Waals surface area contributed by atoms with Gasteiger partial charge in [-0.3, -0.25) is 4.79 Å². The molecular weight excluding hydrogens is 166 g/mol. The molecule has 1 heterocycles. The maximum atomic E-state index is 10.7. The zero-order chi connectivity index (χ0) is 9.68. The number of pyridine rings is 1. The van der Waals surface area contributed by atoms with Crippen molar-refractivity contribution in [2.75, 3.05) is 6.54 Å². The quantitative estimate of drug-likeness (QED) is 0.603. The number of nitrogens with one attached hydrogen (secondary N) is 2. The molecule has 72 valence electrons. The van der Waals surface area contributed by atoms with Crippen LogP contribution in [0.3, 0.4) is 0 Å². The van der Waals surface area contributed by atoms with Crippen LogP contribution in [0, 0.1) is 0 Å². The normalized spacial score (nSPS) is 12.8. The molecule has 1 atom stereocenters.